The van der Waals surface area contributed by atoms with Crippen molar-refractivity contribution in [3.05, 3.63) is 65.2 Å². The van der Waals surface area contributed by atoms with Crippen LogP contribution in [0.4, 0.5) is 10.2 Å². The SMILES string of the molecule is Cc1cc(C(=O)N2CCN(c3ncccc3C#N)CC2)c2ccc(F)cc2n1. The van der Waals surface area contributed by atoms with Gasteiger partial charge in [0.25, 0.3) is 5.91 Å². The van der Waals surface area contributed by atoms with E-state index in [0.29, 0.717) is 59.7 Å². The molecule has 1 aromatic carbocycles. The Bertz CT molecular complexity index is 1090. The van der Waals surface area contributed by atoms with E-state index in [4.69, 9.17) is 0 Å². The number of piperazine rings is 1. The zero-order valence-electron chi connectivity index (χ0n) is 15.4. The van der Waals surface area contributed by atoms with E-state index >= 15 is 0 Å². The Kier molecular flexibility index (Phi) is 4.62. The van der Waals surface area contributed by atoms with Crippen molar-refractivity contribution in [1.29, 1.82) is 5.26 Å². The lowest BCUT2D eigenvalue weighted by Crippen LogP contribution is -2.49. The fraction of sp³-hybridized carbons (Fsp3) is 0.238. The van der Waals surface area contributed by atoms with Gasteiger partial charge in [0.2, 0.25) is 0 Å². The molecule has 3 aromatic rings. The average molecular weight is 375 g/mol. The lowest BCUT2D eigenvalue weighted by molar-refractivity contribution is 0.0748. The van der Waals surface area contributed by atoms with Crippen LogP contribution in [-0.4, -0.2) is 47.0 Å². The number of carbonyl (C=O) groups excluding carboxylic acids is 1. The highest BCUT2D eigenvalue weighted by molar-refractivity contribution is 6.06. The number of pyridine rings is 2. The molecule has 28 heavy (non-hydrogen) atoms. The molecule has 4 rings (SSSR count). The smallest absolute Gasteiger partial charge is 0.254 e. The molecule has 1 fully saturated rings. The predicted molar refractivity (Wildman–Crippen MR) is 104 cm³/mol. The fourth-order valence-electron chi connectivity index (χ4n) is 3.54. The number of amides is 1. The maximum Gasteiger partial charge on any atom is 0.254 e. The van der Waals surface area contributed by atoms with Crippen molar-refractivity contribution in [2.75, 3.05) is 31.1 Å². The molecule has 140 valence electrons. The number of benzene rings is 1. The van der Waals surface area contributed by atoms with Crippen LogP contribution in [0.25, 0.3) is 10.9 Å². The summed E-state index contributed by atoms with van der Waals surface area (Å²) in [5.41, 5.74) is 2.22. The lowest BCUT2D eigenvalue weighted by Gasteiger charge is -2.35. The van der Waals surface area contributed by atoms with Gasteiger partial charge in [-0.25, -0.2) is 9.37 Å². The molecule has 0 bridgehead atoms. The van der Waals surface area contributed by atoms with Gasteiger partial charge >= 0.3 is 0 Å². The Morgan fingerprint density at radius 1 is 1.18 bits per heavy atom. The van der Waals surface area contributed by atoms with Crippen LogP contribution in [0.15, 0.2) is 42.6 Å². The van der Waals surface area contributed by atoms with E-state index < -0.39 is 0 Å². The second-order valence-corrected chi connectivity index (χ2v) is 6.74. The molecule has 3 heterocycles. The molecular weight excluding hydrogens is 357 g/mol. The van der Waals surface area contributed by atoms with Crippen LogP contribution in [0, 0.1) is 24.1 Å². The standard InChI is InChI=1S/C21H18FN5O/c1-14-11-18(17-5-4-16(22)12-19(17)25-14)21(28)27-9-7-26(8-10-27)20-15(13-23)3-2-6-24-20/h2-6,11-12H,7-10H2,1H3. The average Bonchev–Trinajstić information content (AvgIpc) is 2.72. The van der Waals surface area contributed by atoms with Crippen LogP contribution in [-0.2, 0) is 0 Å². The van der Waals surface area contributed by atoms with Crippen molar-refractivity contribution in [1.82, 2.24) is 14.9 Å². The van der Waals surface area contributed by atoms with Gasteiger partial charge in [-0.05, 0) is 37.3 Å². The van der Waals surface area contributed by atoms with E-state index in [1.54, 1.807) is 42.3 Å². The highest BCUT2D eigenvalue weighted by Crippen LogP contribution is 2.23. The molecule has 1 aliphatic rings. The van der Waals surface area contributed by atoms with Gasteiger partial charge < -0.3 is 9.80 Å². The molecule has 0 N–H and O–H groups in total. The first-order valence-corrected chi connectivity index (χ1v) is 9.03. The van der Waals surface area contributed by atoms with Gasteiger partial charge in [0.15, 0.2) is 0 Å². The van der Waals surface area contributed by atoms with Gasteiger partial charge in [0.1, 0.15) is 17.7 Å². The van der Waals surface area contributed by atoms with Crippen molar-refractivity contribution in [3.63, 3.8) is 0 Å². The number of anilines is 1. The number of fused-ring (bicyclic) bond motifs is 1. The summed E-state index contributed by atoms with van der Waals surface area (Å²) >= 11 is 0. The Balaban J connectivity index is 1.57. The molecule has 0 aliphatic carbocycles. The second-order valence-electron chi connectivity index (χ2n) is 6.74. The number of hydrogen-bond acceptors (Lipinski definition) is 5. The monoisotopic (exact) mass is 375 g/mol. The second kappa shape index (κ2) is 7.24. The molecule has 7 heteroatoms. The molecule has 0 radical (unpaired) electrons. The van der Waals surface area contributed by atoms with Crippen LogP contribution in [0.5, 0.6) is 0 Å². The number of aryl methyl sites for hydroxylation is 1. The fourth-order valence-corrected chi connectivity index (χ4v) is 3.54. The number of aromatic nitrogens is 2. The molecule has 0 spiro atoms. The van der Waals surface area contributed by atoms with Crippen LogP contribution in [0.3, 0.4) is 0 Å². The predicted octanol–water partition coefficient (Wildman–Crippen LogP) is 2.91. The zero-order valence-corrected chi connectivity index (χ0v) is 15.4. The Labute approximate surface area is 161 Å². The van der Waals surface area contributed by atoms with E-state index in [1.165, 1.54) is 12.1 Å². The molecule has 0 atom stereocenters. The van der Waals surface area contributed by atoms with Gasteiger partial charge in [0, 0.05) is 49.5 Å². The Morgan fingerprint density at radius 3 is 2.71 bits per heavy atom. The first-order chi connectivity index (χ1) is 13.6. The maximum atomic E-state index is 13.6. The van der Waals surface area contributed by atoms with E-state index in [0.717, 1.165) is 0 Å². The molecule has 1 saturated heterocycles. The molecule has 1 aliphatic heterocycles. The summed E-state index contributed by atoms with van der Waals surface area (Å²) in [7, 11) is 0. The minimum absolute atomic E-state index is 0.0942. The molecule has 2 aromatic heterocycles. The lowest BCUT2D eigenvalue weighted by atomic mass is 10.1. The third-order valence-electron chi connectivity index (χ3n) is 4.90. The first kappa shape index (κ1) is 17.9. The topological polar surface area (TPSA) is 73.1 Å². The van der Waals surface area contributed by atoms with Gasteiger partial charge in [-0.15, -0.1) is 0 Å². The summed E-state index contributed by atoms with van der Waals surface area (Å²) in [6.45, 7) is 4.01. The van der Waals surface area contributed by atoms with Gasteiger partial charge in [0.05, 0.1) is 16.6 Å². The quantitative estimate of drug-likeness (QED) is 0.689. The number of halogens is 1. The molecule has 1 amide bonds. The van der Waals surface area contributed by atoms with Crippen molar-refractivity contribution in [3.8, 4) is 6.07 Å². The van der Waals surface area contributed by atoms with Crippen LogP contribution in [0.1, 0.15) is 21.6 Å². The highest BCUT2D eigenvalue weighted by atomic mass is 19.1. The van der Waals surface area contributed by atoms with E-state index in [2.05, 4.69) is 16.0 Å². The van der Waals surface area contributed by atoms with Crippen LogP contribution < -0.4 is 4.90 Å². The number of nitriles is 1. The van der Waals surface area contributed by atoms with Crippen molar-refractivity contribution in [2.24, 2.45) is 0 Å². The van der Waals surface area contributed by atoms with Crippen LogP contribution >= 0.6 is 0 Å². The highest BCUT2D eigenvalue weighted by Gasteiger charge is 2.25. The summed E-state index contributed by atoms with van der Waals surface area (Å²) < 4.78 is 13.6. The van der Waals surface area contributed by atoms with E-state index in [1.807, 2.05) is 4.90 Å². The van der Waals surface area contributed by atoms with Gasteiger partial charge in [-0.1, -0.05) is 0 Å². The van der Waals surface area contributed by atoms with Crippen molar-refractivity contribution in [2.45, 2.75) is 6.92 Å². The number of carbonyl (C=O) groups is 1. The summed E-state index contributed by atoms with van der Waals surface area (Å²) in [6.07, 6.45) is 1.67. The summed E-state index contributed by atoms with van der Waals surface area (Å²) in [5.74, 6) is 0.183. The normalized spacial score (nSPS) is 14.2. The third kappa shape index (κ3) is 3.25. The number of rotatable bonds is 2. The minimum atomic E-state index is -0.374. The summed E-state index contributed by atoms with van der Waals surface area (Å²) in [5, 5.41) is 9.92. The summed E-state index contributed by atoms with van der Waals surface area (Å²) in [4.78, 5) is 25.6. The molecule has 0 unspecified atom stereocenters. The Morgan fingerprint density at radius 2 is 1.96 bits per heavy atom. The molecule has 0 saturated carbocycles. The van der Waals surface area contributed by atoms with Gasteiger partial charge in [-0.3, -0.25) is 9.78 Å². The largest absolute Gasteiger partial charge is 0.352 e. The van der Waals surface area contributed by atoms with E-state index in [-0.39, 0.29) is 11.7 Å². The Hall–Kier alpha value is -3.53. The van der Waals surface area contributed by atoms with Crippen LogP contribution in [0.2, 0.25) is 0 Å². The number of nitrogens with zero attached hydrogens (tertiary/aromatic N) is 5. The summed E-state index contributed by atoms with van der Waals surface area (Å²) in [6, 6.07) is 11.7. The third-order valence-corrected chi connectivity index (χ3v) is 4.90. The van der Waals surface area contributed by atoms with Gasteiger partial charge in [-0.2, -0.15) is 5.26 Å². The molecular formula is C21H18FN5O. The number of hydrogen-bond donors (Lipinski definition) is 0. The zero-order chi connectivity index (χ0) is 19.7. The van der Waals surface area contributed by atoms with E-state index in [9.17, 15) is 14.4 Å². The molecule has 6 nitrogen and oxygen atoms in total. The van der Waals surface area contributed by atoms with Crippen molar-refractivity contribution < 1.29 is 9.18 Å². The minimum Gasteiger partial charge on any atom is -0.352 e. The maximum absolute atomic E-state index is 13.6. The first-order valence-electron chi connectivity index (χ1n) is 9.03. The van der Waals surface area contributed by atoms with Crippen molar-refractivity contribution >= 4 is 22.6 Å².